The van der Waals surface area contributed by atoms with E-state index in [0.29, 0.717) is 60.0 Å². The van der Waals surface area contributed by atoms with Crippen LogP contribution in [-0.4, -0.2) is 34.2 Å². The van der Waals surface area contributed by atoms with Crippen LogP contribution in [0, 0.1) is 6.92 Å². The number of methoxy groups -OCH3 is 1. The summed E-state index contributed by atoms with van der Waals surface area (Å²) in [4.78, 5) is 51.3. The van der Waals surface area contributed by atoms with Crippen LogP contribution >= 0.6 is 23.1 Å². The maximum absolute atomic E-state index is 13.9. The van der Waals surface area contributed by atoms with E-state index in [1.54, 1.807) is 45.2 Å². The van der Waals surface area contributed by atoms with Gasteiger partial charge in [-0.15, -0.1) is 0 Å². The highest BCUT2D eigenvalue weighted by molar-refractivity contribution is 7.99. The van der Waals surface area contributed by atoms with Crippen molar-refractivity contribution in [3.05, 3.63) is 101 Å². The number of nitrogens with one attached hydrogen (secondary N) is 1. The number of aromatic nitrogens is 3. The summed E-state index contributed by atoms with van der Waals surface area (Å²) in [6.07, 6.45) is 2.94. The van der Waals surface area contributed by atoms with E-state index in [-0.39, 0.29) is 17.7 Å². The highest BCUT2D eigenvalue weighted by Gasteiger charge is 2.35. The number of benzene rings is 1. The zero-order valence-corrected chi connectivity index (χ0v) is 24.6. The number of para-hydroxylation sites is 1. The molecule has 0 unspecified atom stereocenters. The third kappa shape index (κ3) is 5.84. The first-order chi connectivity index (χ1) is 19.8. The lowest BCUT2D eigenvalue weighted by molar-refractivity contribution is -0.139. The molecule has 0 saturated carbocycles. The Labute approximate surface area is 243 Å². The average molecular weight is 593 g/mol. The van der Waals surface area contributed by atoms with E-state index in [2.05, 4.69) is 9.97 Å². The number of ether oxygens (including phenoxy) is 2. The highest BCUT2D eigenvalue weighted by Crippen LogP contribution is 2.37. The molecule has 0 saturated heterocycles. The molecule has 5 rings (SSSR count). The Kier molecular flexibility index (Phi) is 8.41. The fourth-order valence-electron chi connectivity index (χ4n) is 4.60. The molecule has 12 heteroatoms. The van der Waals surface area contributed by atoms with Gasteiger partial charge < -0.3 is 18.9 Å². The molecule has 0 amide bonds. The van der Waals surface area contributed by atoms with Gasteiger partial charge in [-0.3, -0.25) is 14.2 Å². The van der Waals surface area contributed by atoms with Crippen molar-refractivity contribution in [2.75, 3.05) is 13.7 Å². The number of rotatable bonds is 9. The van der Waals surface area contributed by atoms with Crippen LogP contribution in [-0.2, 0) is 9.53 Å². The first-order valence-electron chi connectivity index (χ1n) is 13.0. The minimum absolute atomic E-state index is 0.190. The monoisotopic (exact) mass is 592 g/mol. The molecule has 41 heavy (non-hydrogen) atoms. The maximum Gasteiger partial charge on any atom is 0.338 e. The Morgan fingerprint density at radius 2 is 2.02 bits per heavy atom. The molecule has 1 aromatic carbocycles. The Balaban J connectivity index is 1.63. The van der Waals surface area contributed by atoms with Crippen molar-refractivity contribution in [3.8, 4) is 5.75 Å². The van der Waals surface area contributed by atoms with E-state index < -0.39 is 12.0 Å². The van der Waals surface area contributed by atoms with Gasteiger partial charge in [0, 0.05) is 23.4 Å². The smallest absolute Gasteiger partial charge is 0.338 e. The van der Waals surface area contributed by atoms with Crippen molar-refractivity contribution in [1.82, 2.24) is 14.5 Å². The summed E-state index contributed by atoms with van der Waals surface area (Å²) in [6, 6.07) is 11.4. The number of carbonyl (C=O) groups excluding carboxylic acids is 1. The number of furan rings is 1. The van der Waals surface area contributed by atoms with Gasteiger partial charge in [-0.1, -0.05) is 42.9 Å². The molecule has 1 atom stereocenters. The predicted molar refractivity (Wildman–Crippen MR) is 155 cm³/mol. The predicted octanol–water partition coefficient (Wildman–Crippen LogP) is 3.72. The van der Waals surface area contributed by atoms with Crippen molar-refractivity contribution < 1.29 is 18.7 Å². The maximum atomic E-state index is 13.9. The fraction of sp³-hybridized carbons (Fsp3) is 0.276. The molecule has 10 nitrogen and oxygen atoms in total. The number of hydrogen-bond acceptors (Lipinski definition) is 10. The van der Waals surface area contributed by atoms with Gasteiger partial charge in [0.2, 0.25) is 0 Å². The van der Waals surface area contributed by atoms with Crippen LogP contribution in [0.2, 0.25) is 0 Å². The molecule has 4 heterocycles. The van der Waals surface area contributed by atoms with Crippen LogP contribution < -0.4 is 25.2 Å². The molecule has 0 bridgehead atoms. The van der Waals surface area contributed by atoms with E-state index in [1.165, 1.54) is 33.7 Å². The topological polar surface area (TPSA) is 129 Å². The first kappa shape index (κ1) is 28.4. The summed E-state index contributed by atoms with van der Waals surface area (Å²) < 4.78 is 18.9. The number of aryl methyl sites for hydroxylation is 1. The number of aromatic amines is 1. The number of esters is 1. The normalized spacial score (nSPS) is 15.0. The Morgan fingerprint density at radius 3 is 2.76 bits per heavy atom. The second-order valence-electron chi connectivity index (χ2n) is 9.11. The van der Waals surface area contributed by atoms with Crippen molar-refractivity contribution in [1.29, 1.82) is 0 Å². The fourth-order valence-corrected chi connectivity index (χ4v) is 6.40. The van der Waals surface area contributed by atoms with Crippen LogP contribution in [0.1, 0.15) is 49.7 Å². The SMILES string of the molecule is CCCC1=C(C(=O)OCC)[C@H](c2ccccc2OC)n2c(s/c(=C/c3ccc(Sc4nc(C)cc(=O)[nH]4)o3)c2=O)=N1. The largest absolute Gasteiger partial charge is 0.496 e. The Hall–Kier alpha value is -4.16. The Morgan fingerprint density at radius 1 is 1.22 bits per heavy atom. The first-order valence-corrected chi connectivity index (χ1v) is 14.7. The summed E-state index contributed by atoms with van der Waals surface area (Å²) in [7, 11) is 1.55. The lowest BCUT2D eigenvalue weighted by atomic mass is 9.93. The molecule has 0 radical (unpaired) electrons. The van der Waals surface area contributed by atoms with Crippen molar-refractivity contribution in [3.63, 3.8) is 0 Å². The summed E-state index contributed by atoms with van der Waals surface area (Å²) >= 11 is 2.39. The van der Waals surface area contributed by atoms with Gasteiger partial charge in [0.15, 0.2) is 15.1 Å². The van der Waals surface area contributed by atoms with Gasteiger partial charge in [-0.25, -0.2) is 14.8 Å². The van der Waals surface area contributed by atoms with Crippen molar-refractivity contribution in [2.24, 2.45) is 4.99 Å². The zero-order valence-electron chi connectivity index (χ0n) is 22.9. The number of nitrogens with zero attached hydrogens (tertiary/aromatic N) is 3. The van der Waals surface area contributed by atoms with Crippen LogP contribution in [0.4, 0.5) is 0 Å². The zero-order chi connectivity index (χ0) is 29.1. The molecular formula is C29H28N4O6S2. The number of fused-ring (bicyclic) bond motifs is 1. The van der Waals surface area contributed by atoms with E-state index >= 15 is 0 Å². The number of allylic oxidation sites excluding steroid dienone is 1. The van der Waals surface area contributed by atoms with E-state index in [4.69, 9.17) is 18.9 Å². The number of hydrogen-bond donors (Lipinski definition) is 1. The van der Waals surface area contributed by atoms with Gasteiger partial charge in [0.05, 0.1) is 29.5 Å². The van der Waals surface area contributed by atoms with E-state index in [0.717, 1.165) is 6.42 Å². The van der Waals surface area contributed by atoms with Gasteiger partial charge in [-0.05, 0) is 50.2 Å². The van der Waals surface area contributed by atoms with Crippen LogP contribution in [0.15, 0.2) is 83.0 Å². The second-order valence-corrected chi connectivity index (χ2v) is 11.1. The number of H-pyrrole nitrogens is 1. The third-order valence-corrected chi connectivity index (χ3v) is 8.04. The van der Waals surface area contributed by atoms with Crippen LogP contribution in [0.5, 0.6) is 5.75 Å². The third-order valence-electron chi connectivity index (χ3n) is 6.25. The molecule has 1 aliphatic rings. The van der Waals surface area contributed by atoms with Gasteiger partial charge in [0.25, 0.3) is 11.1 Å². The van der Waals surface area contributed by atoms with Gasteiger partial charge >= 0.3 is 5.97 Å². The highest BCUT2D eigenvalue weighted by atomic mass is 32.2. The summed E-state index contributed by atoms with van der Waals surface area (Å²) in [6.45, 7) is 5.68. The molecular weight excluding hydrogens is 564 g/mol. The number of carbonyl (C=O) groups is 1. The molecule has 0 spiro atoms. The van der Waals surface area contributed by atoms with E-state index in [1.807, 2.05) is 25.1 Å². The van der Waals surface area contributed by atoms with Crippen molar-refractivity contribution in [2.45, 2.75) is 49.9 Å². The Bertz CT molecular complexity index is 1880. The molecule has 0 aliphatic carbocycles. The lowest BCUT2D eigenvalue weighted by Gasteiger charge is -2.26. The van der Waals surface area contributed by atoms with E-state index in [9.17, 15) is 14.4 Å². The minimum atomic E-state index is -0.780. The average Bonchev–Trinajstić information content (AvgIpc) is 3.50. The summed E-state index contributed by atoms with van der Waals surface area (Å²) in [5, 5.41) is 0.904. The standard InChI is InChI=1S/C29H28N4O6S2/c1-5-9-19-24(27(36)38-6-2)25(18-10-7-8-11-20(18)37-4)33-26(35)21(40-29(33)31-19)15-17-12-13-23(39-17)41-28-30-16(3)14-22(34)32-28/h7-8,10-15,25H,5-6,9H2,1-4H3,(H,30,32,34)/b21-15+/t25-/m0/s1. The summed E-state index contributed by atoms with van der Waals surface area (Å²) in [5.74, 6) is 0.475. The second kappa shape index (κ2) is 12.1. The molecule has 4 aromatic rings. The molecule has 1 N–H and O–H groups in total. The minimum Gasteiger partial charge on any atom is -0.496 e. The summed E-state index contributed by atoms with van der Waals surface area (Å²) in [5.41, 5.74) is 1.60. The van der Waals surface area contributed by atoms with Crippen LogP contribution in [0.25, 0.3) is 6.08 Å². The molecule has 212 valence electrons. The van der Waals surface area contributed by atoms with Gasteiger partial charge in [0.1, 0.15) is 17.6 Å². The molecule has 3 aromatic heterocycles. The number of thiazole rings is 1. The van der Waals surface area contributed by atoms with Crippen LogP contribution in [0.3, 0.4) is 0 Å². The molecule has 1 aliphatic heterocycles. The van der Waals surface area contributed by atoms with Crippen molar-refractivity contribution >= 4 is 35.1 Å². The lowest BCUT2D eigenvalue weighted by Crippen LogP contribution is -2.40. The van der Waals surface area contributed by atoms with Gasteiger partial charge in [-0.2, -0.15) is 0 Å². The quantitative estimate of drug-likeness (QED) is 0.230. The molecule has 0 fully saturated rings.